The Bertz CT molecular complexity index is 529. The van der Waals surface area contributed by atoms with Crippen molar-refractivity contribution in [3.63, 3.8) is 0 Å². The molecular weight excluding hydrogens is 256 g/mol. The molecule has 1 unspecified atom stereocenters. The second kappa shape index (κ2) is 5.11. The minimum atomic E-state index is -4.29. The average molecular weight is 268 g/mol. The first kappa shape index (κ1) is 13.1. The quantitative estimate of drug-likeness (QED) is 0.712. The summed E-state index contributed by atoms with van der Waals surface area (Å²) in [7, 11) is 0.693. The third kappa shape index (κ3) is 2.91. The summed E-state index contributed by atoms with van der Waals surface area (Å²) in [5.74, 6) is 0. The van der Waals surface area contributed by atoms with Crippen molar-refractivity contribution in [2.45, 2.75) is 6.18 Å². The highest BCUT2D eigenvalue weighted by Crippen LogP contribution is 2.32. The lowest BCUT2D eigenvalue weighted by molar-refractivity contribution is -0.137. The SMILES string of the molecule is CPc1ccc(-c2cccc(C(F)(F)F)c2)cc1. The summed E-state index contributed by atoms with van der Waals surface area (Å²) >= 11 is 0. The van der Waals surface area contributed by atoms with Crippen LogP contribution in [0.1, 0.15) is 5.56 Å². The minimum absolute atomic E-state index is 0.593. The van der Waals surface area contributed by atoms with Crippen LogP contribution in [0.5, 0.6) is 0 Å². The van der Waals surface area contributed by atoms with E-state index in [2.05, 4.69) is 6.66 Å². The minimum Gasteiger partial charge on any atom is -0.166 e. The summed E-state index contributed by atoms with van der Waals surface area (Å²) in [5.41, 5.74) is 0.792. The van der Waals surface area contributed by atoms with Crippen LogP contribution in [-0.4, -0.2) is 6.66 Å². The fourth-order valence-corrected chi connectivity index (χ4v) is 2.20. The largest absolute Gasteiger partial charge is 0.416 e. The van der Waals surface area contributed by atoms with Crippen molar-refractivity contribution in [1.82, 2.24) is 0 Å². The maximum absolute atomic E-state index is 12.6. The Morgan fingerprint density at radius 1 is 0.889 bits per heavy atom. The molecule has 0 N–H and O–H groups in total. The number of alkyl halides is 3. The van der Waals surface area contributed by atoms with Crippen LogP contribution in [0.15, 0.2) is 48.5 Å². The van der Waals surface area contributed by atoms with Crippen LogP contribution < -0.4 is 5.30 Å². The van der Waals surface area contributed by atoms with E-state index < -0.39 is 11.7 Å². The smallest absolute Gasteiger partial charge is 0.166 e. The summed E-state index contributed by atoms with van der Waals surface area (Å²) in [4.78, 5) is 0. The van der Waals surface area contributed by atoms with E-state index in [1.165, 1.54) is 17.4 Å². The normalized spacial score (nSPS) is 12.2. The van der Waals surface area contributed by atoms with Gasteiger partial charge in [0.1, 0.15) is 0 Å². The molecule has 0 bridgehead atoms. The van der Waals surface area contributed by atoms with Gasteiger partial charge in [-0.25, -0.2) is 0 Å². The Labute approximate surface area is 106 Å². The van der Waals surface area contributed by atoms with Crippen LogP contribution in [0, 0.1) is 0 Å². The van der Waals surface area contributed by atoms with Gasteiger partial charge in [0.05, 0.1) is 5.56 Å². The molecule has 94 valence electrons. The molecule has 0 saturated carbocycles. The van der Waals surface area contributed by atoms with Crippen LogP contribution in [0.25, 0.3) is 11.1 Å². The zero-order valence-corrected chi connectivity index (χ0v) is 10.8. The van der Waals surface area contributed by atoms with Gasteiger partial charge < -0.3 is 0 Å². The standard InChI is InChI=1S/C14H12F3P/c1-18-13-7-5-10(6-8-13)11-3-2-4-12(9-11)14(15,16)17/h2-9,18H,1H3. The van der Waals surface area contributed by atoms with E-state index in [4.69, 9.17) is 0 Å². The third-order valence-electron chi connectivity index (χ3n) is 2.70. The maximum Gasteiger partial charge on any atom is 0.416 e. The second-order valence-corrected chi connectivity index (χ2v) is 4.98. The van der Waals surface area contributed by atoms with Crippen molar-refractivity contribution in [3.05, 3.63) is 54.1 Å². The lowest BCUT2D eigenvalue weighted by Gasteiger charge is -2.09. The highest BCUT2D eigenvalue weighted by molar-refractivity contribution is 7.46. The van der Waals surface area contributed by atoms with Crippen molar-refractivity contribution >= 4 is 13.9 Å². The zero-order chi connectivity index (χ0) is 13.2. The van der Waals surface area contributed by atoms with E-state index >= 15 is 0 Å². The van der Waals surface area contributed by atoms with Crippen molar-refractivity contribution < 1.29 is 13.2 Å². The summed E-state index contributed by atoms with van der Waals surface area (Å²) in [6.45, 7) is 2.07. The predicted octanol–water partition coefficient (Wildman–Crippen LogP) is 4.31. The van der Waals surface area contributed by atoms with Gasteiger partial charge in [0, 0.05) is 0 Å². The molecule has 0 saturated heterocycles. The Morgan fingerprint density at radius 3 is 2.11 bits per heavy atom. The highest BCUT2D eigenvalue weighted by Gasteiger charge is 2.30. The molecule has 0 aromatic heterocycles. The molecular formula is C14H12F3P. The molecule has 0 spiro atoms. The molecule has 0 aliphatic carbocycles. The van der Waals surface area contributed by atoms with E-state index in [9.17, 15) is 13.2 Å². The number of halogens is 3. The Kier molecular flexibility index (Phi) is 3.72. The van der Waals surface area contributed by atoms with E-state index in [1.807, 2.05) is 24.3 Å². The fraction of sp³-hybridized carbons (Fsp3) is 0.143. The maximum atomic E-state index is 12.6. The lowest BCUT2D eigenvalue weighted by atomic mass is 10.0. The average Bonchev–Trinajstić information content (AvgIpc) is 2.38. The summed E-state index contributed by atoms with van der Waals surface area (Å²) in [6.07, 6.45) is -4.29. The predicted molar refractivity (Wildman–Crippen MR) is 70.8 cm³/mol. The molecule has 0 nitrogen and oxygen atoms in total. The Balaban J connectivity index is 2.38. The molecule has 0 heterocycles. The van der Waals surface area contributed by atoms with Crippen molar-refractivity contribution in [3.8, 4) is 11.1 Å². The fourth-order valence-electron chi connectivity index (χ4n) is 1.70. The van der Waals surface area contributed by atoms with Gasteiger partial charge in [0.2, 0.25) is 0 Å². The van der Waals surface area contributed by atoms with Crippen LogP contribution in [0.4, 0.5) is 13.2 Å². The van der Waals surface area contributed by atoms with E-state index in [0.29, 0.717) is 14.1 Å². The molecule has 2 rings (SSSR count). The summed E-state index contributed by atoms with van der Waals surface area (Å²) in [6, 6.07) is 13.0. The third-order valence-corrected chi connectivity index (χ3v) is 3.61. The lowest BCUT2D eigenvalue weighted by Crippen LogP contribution is -2.04. The van der Waals surface area contributed by atoms with Crippen molar-refractivity contribution in [1.29, 1.82) is 0 Å². The number of hydrogen-bond donors (Lipinski definition) is 0. The Hall–Kier alpha value is -1.34. The first-order valence-electron chi connectivity index (χ1n) is 5.46. The molecule has 4 heteroatoms. The monoisotopic (exact) mass is 268 g/mol. The van der Waals surface area contributed by atoms with Gasteiger partial charge in [-0.3, -0.25) is 0 Å². The van der Waals surface area contributed by atoms with Crippen LogP contribution in [-0.2, 0) is 6.18 Å². The number of hydrogen-bond acceptors (Lipinski definition) is 0. The molecule has 0 fully saturated rings. The van der Waals surface area contributed by atoms with Gasteiger partial charge in [-0.2, -0.15) is 13.2 Å². The van der Waals surface area contributed by atoms with Crippen LogP contribution >= 0.6 is 8.58 Å². The van der Waals surface area contributed by atoms with Gasteiger partial charge in [0.15, 0.2) is 0 Å². The number of rotatable bonds is 2. The number of benzene rings is 2. The van der Waals surface area contributed by atoms with Crippen molar-refractivity contribution in [2.75, 3.05) is 6.66 Å². The molecule has 0 radical (unpaired) electrons. The van der Waals surface area contributed by atoms with E-state index in [-0.39, 0.29) is 0 Å². The molecule has 18 heavy (non-hydrogen) atoms. The second-order valence-electron chi connectivity index (χ2n) is 3.91. The summed E-state index contributed by atoms with van der Waals surface area (Å²) in [5, 5.41) is 1.20. The van der Waals surface area contributed by atoms with Crippen LogP contribution in [0.3, 0.4) is 0 Å². The topological polar surface area (TPSA) is 0 Å². The molecule has 2 aromatic carbocycles. The highest BCUT2D eigenvalue weighted by atomic mass is 31.1. The van der Waals surface area contributed by atoms with Crippen LogP contribution in [0.2, 0.25) is 0 Å². The van der Waals surface area contributed by atoms with E-state index in [1.54, 1.807) is 6.07 Å². The molecule has 0 aliphatic rings. The van der Waals surface area contributed by atoms with Gasteiger partial charge in [-0.15, -0.1) is 0 Å². The molecule has 1 atom stereocenters. The zero-order valence-electron chi connectivity index (χ0n) is 9.75. The molecule has 0 amide bonds. The summed E-state index contributed by atoms with van der Waals surface area (Å²) < 4.78 is 37.8. The molecule has 0 aliphatic heterocycles. The van der Waals surface area contributed by atoms with Crippen molar-refractivity contribution in [2.24, 2.45) is 0 Å². The van der Waals surface area contributed by atoms with Gasteiger partial charge in [-0.1, -0.05) is 45.0 Å². The molecule has 2 aromatic rings. The first-order valence-corrected chi connectivity index (χ1v) is 6.96. The van der Waals surface area contributed by atoms with Gasteiger partial charge in [0.25, 0.3) is 0 Å². The van der Waals surface area contributed by atoms with Gasteiger partial charge in [-0.05, 0) is 35.2 Å². The first-order chi connectivity index (χ1) is 8.50. The van der Waals surface area contributed by atoms with E-state index in [0.717, 1.165) is 11.6 Å². The Morgan fingerprint density at radius 2 is 1.56 bits per heavy atom. The van der Waals surface area contributed by atoms with Gasteiger partial charge >= 0.3 is 6.18 Å².